The summed E-state index contributed by atoms with van der Waals surface area (Å²) in [5, 5.41) is 7.77. The van der Waals surface area contributed by atoms with Crippen molar-refractivity contribution in [3.8, 4) is 16.9 Å². The Hall–Kier alpha value is -3.84. The van der Waals surface area contributed by atoms with Crippen molar-refractivity contribution in [3.05, 3.63) is 101 Å². The monoisotopic (exact) mass is 547 g/mol. The third kappa shape index (κ3) is 6.25. The fraction of sp³-hybridized carbons (Fsp3) is 0.258. The minimum absolute atomic E-state index is 0.130. The summed E-state index contributed by atoms with van der Waals surface area (Å²) >= 11 is 6.40. The van der Waals surface area contributed by atoms with Crippen molar-refractivity contribution in [1.29, 1.82) is 0 Å². The fourth-order valence-electron chi connectivity index (χ4n) is 4.97. The number of Topliss-reactive ketones (excluding diaryl/α,β-unsaturated/α-hetero) is 1. The van der Waals surface area contributed by atoms with E-state index in [-0.39, 0.29) is 17.3 Å². The first kappa shape index (κ1) is 26.8. The molecule has 1 saturated carbocycles. The molecule has 39 heavy (non-hydrogen) atoms. The van der Waals surface area contributed by atoms with Crippen LogP contribution < -0.4 is 5.32 Å². The third-order valence-corrected chi connectivity index (χ3v) is 7.44. The first-order valence-electron chi connectivity index (χ1n) is 13.1. The molecule has 1 aromatic heterocycles. The molecule has 0 radical (unpaired) electrons. The van der Waals surface area contributed by atoms with Gasteiger partial charge < -0.3 is 5.32 Å². The number of hydrogen-bond acceptors (Lipinski definition) is 3. The Bertz CT molecular complexity index is 1470. The molecule has 5 rings (SSSR count). The summed E-state index contributed by atoms with van der Waals surface area (Å²) in [6.45, 7) is 0. The summed E-state index contributed by atoms with van der Waals surface area (Å²) in [6.07, 6.45) is 4.38. The van der Waals surface area contributed by atoms with Crippen molar-refractivity contribution in [3.63, 3.8) is 0 Å². The number of para-hydroxylation sites is 1. The smallest absolute Gasteiger partial charge is 0.259 e. The van der Waals surface area contributed by atoms with Gasteiger partial charge in [-0.15, -0.1) is 0 Å². The van der Waals surface area contributed by atoms with Gasteiger partial charge >= 0.3 is 0 Å². The van der Waals surface area contributed by atoms with E-state index in [4.69, 9.17) is 11.6 Å². The van der Waals surface area contributed by atoms with Crippen LogP contribution in [-0.4, -0.2) is 27.6 Å². The summed E-state index contributed by atoms with van der Waals surface area (Å²) in [5.41, 5.74) is 2.72. The summed E-state index contributed by atoms with van der Waals surface area (Å²) in [6, 6.07) is 19.9. The molecular weight excluding hydrogens is 520 g/mol. The second-order valence-corrected chi connectivity index (χ2v) is 10.3. The lowest BCUT2D eigenvalue weighted by Gasteiger charge is -2.21. The van der Waals surface area contributed by atoms with Crippen LogP contribution >= 0.6 is 11.6 Å². The molecule has 5 nitrogen and oxygen atoms in total. The zero-order valence-electron chi connectivity index (χ0n) is 21.2. The van der Waals surface area contributed by atoms with Gasteiger partial charge in [0.1, 0.15) is 17.7 Å². The normalized spacial score (nSPS) is 17.7. The average Bonchev–Trinajstić information content (AvgIpc) is 3.38. The molecule has 2 unspecified atom stereocenters. The van der Waals surface area contributed by atoms with Gasteiger partial charge in [-0.05, 0) is 80.3 Å². The van der Waals surface area contributed by atoms with Crippen LogP contribution in [0.3, 0.4) is 0 Å². The SMILES string of the molecule is O=C(Nc1ccc(Cl)c(C(=O)C2CCCCC(F)CC2)c1)c1cn(-c2ccccc2)nc1-c1ccc(F)cc1. The number of hydrogen-bond donors (Lipinski definition) is 1. The molecule has 0 saturated heterocycles. The number of alkyl halides is 1. The summed E-state index contributed by atoms with van der Waals surface area (Å²) in [4.78, 5) is 26.9. The third-order valence-electron chi connectivity index (χ3n) is 7.11. The largest absolute Gasteiger partial charge is 0.322 e. The van der Waals surface area contributed by atoms with E-state index < -0.39 is 17.9 Å². The molecule has 0 aliphatic heterocycles. The van der Waals surface area contributed by atoms with Crippen molar-refractivity contribution in [2.45, 2.75) is 44.7 Å². The molecule has 3 aromatic carbocycles. The lowest BCUT2D eigenvalue weighted by Crippen LogP contribution is -2.20. The number of carbonyl (C=O) groups is 2. The van der Waals surface area contributed by atoms with Gasteiger partial charge in [0.25, 0.3) is 5.91 Å². The van der Waals surface area contributed by atoms with Crippen LogP contribution in [0.4, 0.5) is 14.5 Å². The van der Waals surface area contributed by atoms with Gasteiger partial charge in [-0.2, -0.15) is 5.10 Å². The maximum Gasteiger partial charge on any atom is 0.259 e. The highest BCUT2D eigenvalue weighted by Crippen LogP contribution is 2.31. The van der Waals surface area contributed by atoms with Gasteiger partial charge in [0.2, 0.25) is 0 Å². The zero-order chi connectivity index (χ0) is 27.4. The molecule has 8 heteroatoms. The number of halogens is 3. The standard InChI is InChI=1S/C31H28ClF2N3O2/c32-28-17-16-24(18-26(28)30(38)21-6-4-5-7-22(33)15-12-21)35-31(39)27-19-37(25-8-2-1-3-9-25)36-29(27)20-10-13-23(34)14-11-20/h1-3,8-11,13-14,16-19,21-22H,4-7,12,15H2,(H,35,39). The quantitative estimate of drug-likeness (QED) is 0.248. The zero-order valence-corrected chi connectivity index (χ0v) is 22.0. The van der Waals surface area contributed by atoms with Crippen LogP contribution in [0.15, 0.2) is 79.0 Å². The van der Waals surface area contributed by atoms with E-state index in [1.54, 1.807) is 41.2 Å². The van der Waals surface area contributed by atoms with Crippen molar-refractivity contribution in [1.82, 2.24) is 9.78 Å². The van der Waals surface area contributed by atoms with Crippen molar-refractivity contribution in [2.24, 2.45) is 5.92 Å². The Labute approximate surface area is 230 Å². The van der Waals surface area contributed by atoms with Crippen molar-refractivity contribution >= 4 is 29.0 Å². The van der Waals surface area contributed by atoms with Crippen molar-refractivity contribution in [2.75, 3.05) is 5.32 Å². The number of nitrogens with zero attached hydrogens (tertiary/aromatic N) is 2. The van der Waals surface area contributed by atoms with Crippen LogP contribution in [0.2, 0.25) is 5.02 Å². The number of nitrogens with one attached hydrogen (secondary N) is 1. The predicted molar refractivity (Wildman–Crippen MR) is 149 cm³/mol. The van der Waals surface area contributed by atoms with Gasteiger partial charge in [0.05, 0.1) is 16.3 Å². The van der Waals surface area contributed by atoms with E-state index >= 15 is 0 Å². The van der Waals surface area contributed by atoms with Crippen LogP contribution in [0.1, 0.15) is 59.2 Å². The lowest BCUT2D eigenvalue weighted by atomic mass is 9.85. The molecule has 1 amide bonds. The molecule has 0 spiro atoms. The molecule has 1 heterocycles. The highest BCUT2D eigenvalue weighted by molar-refractivity contribution is 6.34. The van der Waals surface area contributed by atoms with Crippen molar-refractivity contribution < 1.29 is 18.4 Å². The van der Waals surface area contributed by atoms with Gasteiger partial charge in [-0.3, -0.25) is 9.59 Å². The second-order valence-electron chi connectivity index (χ2n) is 9.85. The maximum atomic E-state index is 14.0. The van der Waals surface area contributed by atoms with E-state index in [2.05, 4.69) is 10.4 Å². The van der Waals surface area contributed by atoms with Crippen LogP contribution in [0, 0.1) is 11.7 Å². The number of benzene rings is 3. The maximum absolute atomic E-state index is 14.0. The Balaban J connectivity index is 1.43. The van der Waals surface area contributed by atoms with E-state index in [0.717, 1.165) is 18.5 Å². The van der Waals surface area contributed by atoms with Gasteiger partial charge in [0.15, 0.2) is 5.78 Å². The Morgan fingerprint density at radius 1 is 0.897 bits per heavy atom. The van der Waals surface area contributed by atoms with Crippen LogP contribution in [0.25, 0.3) is 16.9 Å². The molecule has 1 N–H and O–H groups in total. The van der Waals surface area contributed by atoms with Gasteiger partial charge in [-0.1, -0.05) is 42.6 Å². The molecule has 2 atom stereocenters. The Morgan fingerprint density at radius 3 is 2.41 bits per heavy atom. The summed E-state index contributed by atoms with van der Waals surface area (Å²) in [7, 11) is 0. The van der Waals surface area contributed by atoms with E-state index in [1.165, 1.54) is 12.1 Å². The molecule has 200 valence electrons. The minimum atomic E-state index is -0.881. The first-order chi connectivity index (χ1) is 18.9. The molecule has 1 aliphatic carbocycles. The number of rotatable bonds is 6. The Kier molecular flexibility index (Phi) is 8.17. The number of ketones is 1. The summed E-state index contributed by atoms with van der Waals surface area (Å²) in [5.74, 6) is -1.27. The van der Waals surface area contributed by atoms with E-state index in [9.17, 15) is 18.4 Å². The number of aromatic nitrogens is 2. The van der Waals surface area contributed by atoms with Crippen LogP contribution in [-0.2, 0) is 0 Å². The molecule has 1 fully saturated rings. The summed E-state index contributed by atoms with van der Waals surface area (Å²) < 4.78 is 29.2. The number of amides is 1. The minimum Gasteiger partial charge on any atom is -0.322 e. The predicted octanol–water partition coefficient (Wildman–Crippen LogP) is 8.08. The lowest BCUT2D eigenvalue weighted by molar-refractivity contribution is 0.0886. The van der Waals surface area contributed by atoms with E-state index in [0.29, 0.717) is 53.2 Å². The van der Waals surface area contributed by atoms with Gasteiger partial charge in [-0.25, -0.2) is 13.5 Å². The van der Waals surface area contributed by atoms with E-state index in [1.807, 2.05) is 30.3 Å². The molecular formula is C31H28ClF2N3O2. The van der Waals surface area contributed by atoms with Gasteiger partial charge in [0, 0.05) is 28.9 Å². The Morgan fingerprint density at radius 2 is 1.64 bits per heavy atom. The fourth-order valence-corrected chi connectivity index (χ4v) is 5.18. The highest BCUT2D eigenvalue weighted by Gasteiger charge is 2.26. The topological polar surface area (TPSA) is 64.0 Å². The average molecular weight is 548 g/mol. The number of carbonyl (C=O) groups excluding carboxylic acids is 2. The second kappa shape index (κ2) is 11.9. The first-order valence-corrected chi connectivity index (χ1v) is 13.5. The molecule has 0 bridgehead atoms. The number of anilines is 1. The van der Waals surface area contributed by atoms with Crippen LogP contribution in [0.5, 0.6) is 0 Å². The molecule has 4 aromatic rings. The molecule has 1 aliphatic rings. The highest BCUT2D eigenvalue weighted by atomic mass is 35.5.